The van der Waals surface area contributed by atoms with Crippen molar-refractivity contribution in [2.24, 2.45) is 0 Å². The molecule has 0 aromatic rings. The van der Waals surface area contributed by atoms with Crippen molar-refractivity contribution in [3.63, 3.8) is 0 Å². The predicted molar refractivity (Wildman–Crippen MR) is 66.1 cm³/mol. The van der Waals surface area contributed by atoms with E-state index in [4.69, 9.17) is 4.74 Å². The summed E-state index contributed by atoms with van der Waals surface area (Å²) in [6, 6.07) is 0. The highest BCUT2D eigenvalue weighted by Gasteiger charge is 2.00. The standard InChI is InChI=1S/C14H20O2/c15-14-12-10-8-6-4-2-1-3-5-7-9-11-13-16-14/h2-5,9,11H,1,6-8,10,12-13H2. The van der Waals surface area contributed by atoms with E-state index in [0.29, 0.717) is 13.0 Å². The van der Waals surface area contributed by atoms with E-state index in [1.807, 2.05) is 12.2 Å². The fourth-order valence-corrected chi connectivity index (χ4v) is 1.47. The Hall–Kier alpha value is -1.31. The molecule has 0 radical (unpaired) electrons. The molecule has 0 N–H and O–H groups in total. The van der Waals surface area contributed by atoms with Gasteiger partial charge in [0.05, 0.1) is 0 Å². The van der Waals surface area contributed by atoms with Gasteiger partial charge < -0.3 is 4.74 Å². The van der Waals surface area contributed by atoms with Gasteiger partial charge in [-0.05, 0) is 32.1 Å². The summed E-state index contributed by atoms with van der Waals surface area (Å²) in [4.78, 5) is 11.2. The van der Waals surface area contributed by atoms with Gasteiger partial charge in [0.15, 0.2) is 0 Å². The number of carbonyl (C=O) groups excluding carboxylic acids is 1. The fourth-order valence-electron chi connectivity index (χ4n) is 1.47. The number of rotatable bonds is 0. The lowest BCUT2D eigenvalue weighted by Crippen LogP contribution is -2.03. The van der Waals surface area contributed by atoms with Crippen LogP contribution in [0.2, 0.25) is 0 Å². The molecule has 0 bridgehead atoms. The molecule has 0 spiro atoms. The Kier molecular flexibility index (Phi) is 7.14. The second kappa shape index (κ2) is 8.96. The maximum Gasteiger partial charge on any atom is 0.306 e. The molecule has 2 nitrogen and oxygen atoms in total. The van der Waals surface area contributed by atoms with E-state index in [1.54, 1.807) is 0 Å². The number of hydrogen-bond donors (Lipinski definition) is 0. The van der Waals surface area contributed by atoms with E-state index < -0.39 is 0 Å². The van der Waals surface area contributed by atoms with Gasteiger partial charge in [-0.1, -0.05) is 36.5 Å². The quantitative estimate of drug-likeness (QED) is 0.461. The molecule has 0 aromatic carbocycles. The highest BCUT2D eigenvalue weighted by molar-refractivity contribution is 5.69. The zero-order valence-electron chi connectivity index (χ0n) is 9.73. The molecule has 1 aliphatic heterocycles. The molecule has 88 valence electrons. The van der Waals surface area contributed by atoms with Crippen LogP contribution in [0, 0.1) is 0 Å². The van der Waals surface area contributed by atoms with E-state index in [-0.39, 0.29) is 5.97 Å². The molecule has 1 heterocycles. The Balaban J connectivity index is 2.35. The Labute approximate surface area is 97.7 Å². The minimum Gasteiger partial charge on any atom is -0.461 e. The van der Waals surface area contributed by atoms with Crippen molar-refractivity contribution in [3.05, 3.63) is 36.5 Å². The average molecular weight is 220 g/mol. The number of ether oxygens (including phenoxy) is 1. The van der Waals surface area contributed by atoms with Crippen LogP contribution in [0.5, 0.6) is 0 Å². The average Bonchev–Trinajstić information content (AvgIpc) is 2.29. The minimum absolute atomic E-state index is 0.0842. The first-order valence-electron chi connectivity index (χ1n) is 6.00. The molecule has 2 heteroatoms. The summed E-state index contributed by atoms with van der Waals surface area (Å²) >= 11 is 0. The van der Waals surface area contributed by atoms with Crippen LogP contribution in [0.25, 0.3) is 0 Å². The van der Waals surface area contributed by atoms with E-state index in [2.05, 4.69) is 24.3 Å². The second-order valence-corrected chi connectivity index (χ2v) is 3.81. The van der Waals surface area contributed by atoms with E-state index in [9.17, 15) is 4.79 Å². The molecular weight excluding hydrogens is 200 g/mol. The summed E-state index contributed by atoms with van der Waals surface area (Å²) in [5.41, 5.74) is 0. The van der Waals surface area contributed by atoms with Crippen LogP contribution >= 0.6 is 0 Å². The van der Waals surface area contributed by atoms with Gasteiger partial charge in [0.25, 0.3) is 0 Å². The van der Waals surface area contributed by atoms with Gasteiger partial charge in [-0.25, -0.2) is 0 Å². The Morgan fingerprint density at radius 3 is 2.38 bits per heavy atom. The SMILES string of the molecule is O=C1CCCCC=CCC=CCC=CCO1. The maximum absolute atomic E-state index is 11.2. The lowest BCUT2D eigenvalue weighted by atomic mass is 10.2. The smallest absolute Gasteiger partial charge is 0.306 e. The van der Waals surface area contributed by atoms with Gasteiger partial charge in [0, 0.05) is 6.42 Å². The zero-order valence-corrected chi connectivity index (χ0v) is 9.73. The van der Waals surface area contributed by atoms with E-state index in [1.165, 1.54) is 0 Å². The summed E-state index contributed by atoms with van der Waals surface area (Å²) < 4.78 is 5.05. The molecule has 16 heavy (non-hydrogen) atoms. The van der Waals surface area contributed by atoms with Crippen molar-refractivity contribution in [3.8, 4) is 0 Å². The number of cyclic esters (lactones) is 1. The van der Waals surface area contributed by atoms with E-state index >= 15 is 0 Å². The highest BCUT2D eigenvalue weighted by atomic mass is 16.5. The Bertz CT molecular complexity index is 274. The van der Waals surface area contributed by atoms with Crippen LogP contribution in [0.1, 0.15) is 38.5 Å². The molecule has 1 aliphatic rings. The lowest BCUT2D eigenvalue weighted by Gasteiger charge is -2.00. The van der Waals surface area contributed by atoms with Crippen LogP contribution in [-0.4, -0.2) is 12.6 Å². The normalized spacial score (nSPS) is 19.9. The zero-order chi connectivity index (χ0) is 11.5. The van der Waals surface area contributed by atoms with Crippen molar-refractivity contribution in [2.45, 2.75) is 38.5 Å². The van der Waals surface area contributed by atoms with Crippen molar-refractivity contribution in [1.82, 2.24) is 0 Å². The van der Waals surface area contributed by atoms with Gasteiger partial charge in [0.2, 0.25) is 0 Å². The molecule has 0 atom stereocenters. The summed E-state index contributed by atoms with van der Waals surface area (Å²) in [6.07, 6.45) is 18.1. The van der Waals surface area contributed by atoms with Crippen LogP contribution < -0.4 is 0 Å². The molecule has 0 saturated heterocycles. The van der Waals surface area contributed by atoms with Crippen molar-refractivity contribution in [1.29, 1.82) is 0 Å². The molecule has 0 unspecified atom stereocenters. The summed E-state index contributed by atoms with van der Waals surface area (Å²) in [5.74, 6) is -0.0842. The highest BCUT2D eigenvalue weighted by Crippen LogP contribution is 2.03. The minimum atomic E-state index is -0.0842. The molecular formula is C14H20O2. The Morgan fingerprint density at radius 1 is 0.875 bits per heavy atom. The van der Waals surface area contributed by atoms with Gasteiger partial charge >= 0.3 is 5.97 Å². The third-order valence-electron chi connectivity index (χ3n) is 2.39. The monoisotopic (exact) mass is 220 g/mol. The van der Waals surface area contributed by atoms with Crippen LogP contribution in [0.3, 0.4) is 0 Å². The number of carbonyl (C=O) groups is 1. The molecule has 1 rings (SSSR count). The molecule has 0 aliphatic carbocycles. The Morgan fingerprint density at radius 2 is 1.56 bits per heavy atom. The van der Waals surface area contributed by atoms with Crippen molar-refractivity contribution >= 4 is 5.97 Å². The second-order valence-electron chi connectivity index (χ2n) is 3.81. The first-order chi connectivity index (χ1) is 7.89. The van der Waals surface area contributed by atoms with Gasteiger partial charge in [-0.2, -0.15) is 0 Å². The van der Waals surface area contributed by atoms with Crippen molar-refractivity contribution in [2.75, 3.05) is 6.61 Å². The third kappa shape index (κ3) is 7.04. The van der Waals surface area contributed by atoms with Crippen LogP contribution in [-0.2, 0) is 9.53 Å². The largest absolute Gasteiger partial charge is 0.461 e. The molecule has 0 saturated carbocycles. The third-order valence-corrected chi connectivity index (χ3v) is 2.39. The van der Waals surface area contributed by atoms with Crippen molar-refractivity contribution < 1.29 is 9.53 Å². The molecule has 0 aromatic heterocycles. The van der Waals surface area contributed by atoms with Crippen LogP contribution in [0.15, 0.2) is 36.5 Å². The molecule has 0 fully saturated rings. The topological polar surface area (TPSA) is 26.3 Å². The predicted octanol–water partition coefficient (Wildman–Crippen LogP) is 3.55. The number of esters is 1. The van der Waals surface area contributed by atoms with E-state index in [0.717, 1.165) is 32.1 Å². The first kappa shape index (κ1) is 12.8. The summed E-state index contributed by atoms with van der Waals surface area (Å²) in [5, 5.41) is 0. The number of hydrogen-bond acceptors (Lipinski definition) is 2. The number of allylic oxidation sites excluding steroid dienone is 5. The summed E-state index contributed by atoms with van der Waals surface area (Å²) in [7, 11) is 0. The maximum atomic E-state index is 11.2. The molecule has 0 amide bonds. The van der Waals surface area contributed by atoms with Gasteiger partial charge in [-0.15, -0.1) is 0 Å². The fraction of sp³-hybridized carbons (Fsp3) is 0.500. The summed E-state index contributed by atoms with van der Waals surface area (Å²) in [6.45, 7) is 0.408. The first-order valence-corrected chi connectivity index (χ1v) is 6.00. The van der Waals surface area contributed by atoms with Crippen LogP contribution in [0.4, 0.5) is 0 Å². The lowest BCUT2D eigenvalue weighted by molar-refractivity contribution is -0.142. The van der Waals surface area contributed by atoms with Gasteiger partial charge in [0.1, 0.15) is 6.61 Å². The van der Waals surface area contributed by atoms with Gasteiger partial charge in [-0.3, -0.25) is 4.79 Å².